The Balaban J connectivity index is 2.26. The molecule has 0 atom stereocenters. The zero-order valence-electron chi connectivity index (χ0n) is 9.89. The second-order valence-corrected chi connectivity index (χ2v) is 5.07. The first-order valence-corrected chi connectivity index (χ1v) is 6.03. The van der Waals surface area contributed by atoms with Crippen molar-refractivity contribution in [1.82, 2.24) is 0 Å². The summed E-state index contributed by atoms with van der Waals surface area (Å²) >= 11 is 0. The summed E-state index contributed by atoms with van der Waals surface area (Å²) in [4.78, 5) is 0. The first-order chi connectivity index (χ1) is 7.58. The van der Waals surface area contributed by atoms with Gasteiger partial charge in [0.1, 0.15) is 11.6 Å². The molecule has 1 aromatic carbocycles. The van der Waals surface area contributed by atoms with Gasteiger partial charge in [-0.05, 0) is 48.8 Å². The molecule has 0 spiro atoms. The predicted octanol–water partition coefficient (Wildman–Crippen LogP) is 4.57. The summed E-state index contributed by atoms with van der Waals surface area (Å²) in [5.41, 5.74) is 1.50. The van der Waals surface area contributed by atoms with Gasteiger partial charge in [-0.15, -0.1) is 0 Å². The summed E-state index contributed by atoms with van der Waals surface area (Å²) in [6, 6.07) is 2.46. The molecule has 0 bridgehead atoms. The van der Waals surface area contributed by atoms with Gasteiger partial charge in [-0.25, -0.2) is 8.78 Å². The van der Waals surface area contributed by atoms with Crippen molar-refractivity contribution < 1.29 is 8.78 Å². The number of aryl methyl sites for hydroxylation is 1. The average Bonchev–Trinajstić information content (AvgIpc) is 2.19. The number of halogens is 2. The van der Waals surface area contributed by atoms with E-state index in [1.165, 1.54) is 6.07 Å². The van der Waals surface area contributed by atoms with Gasteiger partial charge in [0.2, 0.25) is 0 Å². The van der Waals surface area contributed by atoms with Gasteiger partial charge in [0.15, 0.2) is 0 Å². The van der Waals surface area contributed by atoms with Gasteiger partial charge in [0, 0.05) is 6.07 Å². The van der Waals surface area contributed by atoms with Gasteiger partial charge >= 0.3 is 0 Å². The monoisotopic (exact) mass is 224 g/mol. The molecular formula is C14H18F2. The maximum atomic E-state index is 13.8. The molecule has 2 heteroatoms. The topological polar surface area (TPSA) is 0 Å². The minimum absolute atomic E-state index is 0.289. The van der Waals surface area contributed by atoms with Crippen LogP contribution in [-0.2, 0) is 0 Å². The molecule has 0 aliphatic heterocycles. The minimum Gasteiger partial charge on any atom is -0.207 e. The Bertz CT molecular complexity index is 353. The van der Waals surface area contributed by atoms with Crippen LogP contribution in [0.2, 0.25) is 0 Å². The van der Waals surface area contributed by atoms with Crippen LogP contribution in [0.3, 0.4) is 0 Å². The maximum absolute atomic E-state index is 13.8. The highest BCUT2D eigenvalue weighted by Crippen LogP contribution is 2.38. The predicted molar refractivity (Wildman–Crippen MR) is 61.5 cm³/mol. The molecule has 0 aromatic heterocycles. The van der Waals surface area contributed by atoms with E-state index in [2.05, 4.69) is 6.92 Å². The largest absolute Gasteiger partial charge is 0.207 e. The molecule has 0 unspecified atom stereocenters. The second-order valence-electron chi connectivity index (χ2n) is 5.07. The van der Waals surface area contributed by atoms with E-state index in [1.54, 1.807) is 6.92 Å². The molecule has 0 nitrogen and oxygen atoms in total. The fraction of sp³-hybridized carbons (Fsp3) is 0.571. The Kier molecular flexibility index (Phi) is 3.27. The van der Waals surface area contributed by atoms with Crippen molar-refractivity contribution >= 4 is 0 Å². The fourth-order valence-corrected chi connectivity index (χ4v) is 2.78. The normalized spacial score (nSPS) is 25.8. The Hall–Kier alpha value is -0.920. The summed E-state index contributed by atoms with van der Waals surface area (Å²) < 4.78 is 26.8. The zero-order chi connectivity index (χ0) is 11.7. The second kappa shape index (κ2) is 4.52. The molecular weight excluding hydrogens is 206 g/mol. The van der Waals surface area contributed by atoms with Crippen molar-refractivity contribution in [3.63, 3.8) is 0 Å². The molecule has 1 fully saturated rings. The van der Waals surface area contributed by atoms with Gasteiger partial charge in [-0.2, -0.15) is 0 Å². The lowest BCUT2D eigenvalue weighted by molar-refractivity contribution is 0.341. The van der Waals surface area contributed by atoms with Gasteiger partial charge < -0.3 is 0 Å². The number of benzene rings is 1. The summed E-state index contributed by atoms with van der Waals surface area (Å²) in [6.45, 7) is 4.05. The maximum Gasteiger partial charge on any atom is 0.129 e. The Morgan fingerprint density at radius 2 is 1.69 bits per heavy atom. The summed E-state index contributed by atoms with van der Waals surface area (Å²) in [6.07, 6.45) is 4.37. The third-order valence-corrected chi connectivity index (χ3v) is 3.73. The summed E-state index contributed by atoms with van der Waals surface area (Å²) in [5, 5.41) is 0. The lowest BCUT2D eigenvalue weighted by Crippen LogP contribution is -2.13. The fourth-order valence-electron chi connectivity index (χ4n) is 2.78. The molecule has 0 amide bonds. The van der Waals surface area contributed by atoms with Crippen molar-refractivity contribution in [3.8, 4) is 0 Å². The molecule has 1 aliphatic rings. The van der Waals surface area contributed by atoms with E-state index in [0.29, 0.717) is 0 Å². The van der Waals surface area contributed by atoms with Crippen LogP contribution < -0.4 is 0 Å². The van der Waals surface area contributed by atoms with Crippen molar-refractivity contribution in [1.29, 1.82) is 0 Å². The molecule has 1 saturated carbocycles. The van der Waals surface area contributed by atoms with Crippen LogP contribution in [-0.4, -0.2) is 0 Å². The molecule has 0 N–H and O–H groups in total. The molecule has 1 aromatic rings. The van der Waals surface area contributed by atoms with E-state index in [9.17, 15) is 8.78 Å². The van der Waals surface area contributed by atoms with Crippen molar-refractivity contribution in [2.24, 2.45) is 5.92 Å². The summed E-state index contributed by atoms with van der Waals surface area (Å²) in [5.74, 6) is 0.205. The Morgan fingerprint density at radius 1 is 1.06 bits per heavy atom. The van der Waals surface area contributed by atoms with E-state index in [1.807, 2.05) is 0 Å². The summed E-state index contributed by atoms with van der Waals surface area (Å²) in [7, 11) is 0. The van der Waals surface area contributed by atoms with Gasteiger partial charge in [0.25, 0.3) is 0 Å². The van der Waals surface area contributed by atoms with Crippen LogP contribution >= 0.6 is 0 Å². The Morgan fingerprint density at radius 3 is 2.25 bits per heavy atom. The van der Waals surface area contributed by atoms with Gasteiger partial charge in [-0.1, -0.05) is 19.8 Å². The molecule has 88 valence electrons. The van der Waals surface area contributed by atoms with Crippen LogP contribution in [0.1, 0.15) is 49.7 Å². The first kappa shape index (κ1) is 11.6. The van der Waals surface area contributed by atoms with Crippen LogP contribution in [0.4, 0.5) is 8.78 Å². The quantitative estimate of drug-likeness (QED) is 0.655. The number of rotatable bonds is 1. The number of hydrogen-bond acceptors (Lipinski definition) is 0. The van der Waals surface area contributed by atoms with Crippen LogP contribution in [0.25, 0.3) is 0 Å². The standard InChI is InChI=1S/C14H18F2/c1-9-3-5-11(6-4-9)14-10(2)7-12(15)8-13(14)16/h7-9,11H,3-6H2,1-2H3. The minimum atomic E-state index is -0.470. The van der Waals surface area contributed by atoms with Crippen molar-refractivity contribution in [2.45, 2.75) is 45.4 Å². The average molecular weight is 224 g/mol. The van der Waals surface area contributed by atoms with Crippen LogP contribution in [0.15, 0.2) is 12.1 Å². The first-order valence-electron chi connectivity index (χ1n) is 6.03. The number of hydrogen-bond donors (Lipinski definition) is 0. The lowest BCUT2D eigenvalue weighted by Gasteiger charge is -2.27. The third-order valence-electron chi connectivity index (χ3n) is 3.73. The third kappa shape index (κ3) is 2.26. The molecule has 0 saturated heterocycles. The van der Waals surface area contributed by atoms with Crippen LogP contribution in [0, 0.1) is 24.5 Å². The van der Waals surface area contributed by atoms with E-state index in [4.69, 9.17) is 0 Å². The molecule has 1 aliphatic carbocycles. The van der Waals surface area contributed by atoms with Crippen LogP contribution in [0.5, 0.6) is 0 Å². The van der Waals surface area contributed by atoms with Crippen molar-refractivity contribution in [2.75, 3.05) is 0 Å². The van der Waals surface area contributed by atoms with E-state index in [-0.39, 0.29) is 11.7 Å². The molecule has 2 rings (SSSR count). The smallest absolute Gasteiger partial charge is 0.129 e. The SMILES string of the molecule is Cc1cc(F)cc(F)c1C1CCC(C)CC1. The highest BCUT2D eigenvalue weighted by atomic mass is 19.1. The van der Waals surface area contributed by atoms with E-state index >= 15 is 0 Å². The Labute approximate surface area is 95.7 Å². The zero-order valence-corrected chi connectivity index (χ0v) is 9.89. The van der Waals surface area contributed by atoms with E-state index < -0.39 is 5.82 Å². The highest BCUT2D eigenvalue weighted by molar-refractivity contribution is 5.31. The van der Waals surface area contributed by atoms with Gasteiger partial charge in [-0.3, -0.25) is 0 Å². The molecule has 16 heavy (non-hydrogen) atoms. The molecule has 0 heterocycles. The highest BCUT2D eigenvalue weighted by Gasteiger charge is 2.23. The van der Waals surface area contributed by atoms with E-state index in [0.717, 1.165) is 48.8 Å². The van der Waals surface area contributed by atoms with Gasteiger partial charge in [0.05, 0.1) is 0 Å². The molecule has 0 radical (unpaired) electrons. The van der Waals surface area contributed by atoms with Crippen molar-refractivity contribution in [3.05, 3.63) is 34.9 Å². The lowest BCUT2D eigenvalue weighted by atomic mass is 9.78.